The van der Waals surface area contributed by atoms with Gasteiger partial charge in [0.05, 0.1) is 31.6 Å². The van der Waals surface area contributed by atoms with Crippen molar-refractivity contribution in [1.82, 2.24) is 0 Å². The molecule has 1 heterocycles. The van der Waals surface area contributed by atoms with Crippen molar-refractivity contribution in [1.29, 1.82) is 5.26 Å². The molecule has 0 aromatic heterocycles. The van der Waals surface area contributed by atoms with Crippen molar-refractivity contribution in [3.63, 3.8) is 0 Å². The zero-order valence-electron chi connectivity index (χ0n) is 8.76. The third-order valence-electron chi connectivity index (χ3n) is 2.61. The number of nitriles is 1. The molecule has 1 N–H and O–H groups in total. The van der Waals surface area contributed by atoms with Crippen LogP contribution in [-0.4, -0.2) is 23.7 Å². The van der Waals surface area contributed by atoms with Crippen LogP contribution < -0.4 is 4.90 Å². The smallest absolute Gasteiger partial charge is 0.229 e. The summed E-state index contributed by atoms with van der Waals surface area (Å²) in [6.07, 6.45) is -0.0620. The molecular weight excluding hydrogens is 204 g/mol. The number of aliphatic hydroxyl groups excluding tert-OH is 1. The summed E-state index contributed by atoms with van der Waals surface area (Å²) >= 11 is 0. The Hall–Kier alpha value is -1.86. The summed E-state index contributed by atoms with van der Waals surface area (Å²) in [6, 6.07) is 9.37. The van der Waals surface area contributed by atoms with E-state index >= 15 is 0 Å². The van der Waals surface area contributed by atoms with E-state index < -0.39 is 6.10 Å². The lowest BCUT2D eigenvalue weighted by Gasteiger charge is -2.16. The van der Waals surface area contributed by atoms with Gasteiger partial charge in [-0.15, -0.1) is 0 Å². The van der Waals surface area contributed by atoms with Crippen LogP contribution in [0.15, 0.2) is 24.3 Å². The van der Waals surface area contributed by atoms with E-state index in [0.717, 1.165) is 11.3 Å². The number of nitrogens with zero attached hydrogens (tertiary/aromatic N) is 2. The van der Waals surface area contributed by atoms with Crippen molar-refractivity contribution < 1.29 is 9.90 Å². The topological polar surface area (TPSA) is 64.3 Å². The van der Waals surface area contributed by atoms with Crippen molar-refractivity contribution in [3.8, 4) is 6.07 Å². The first-order chi connectivity index (χ1) is 7.70. The van der Waals surface area contributed by atoms with Crippen LogP contribution in [-0.2, 0) is 11.2 Å². The third-order valence-corrected chi connectivity index (χ3v) is 2.61. The van der Waals surface area contributed by atoms with E-state index in [1.54, 1.807) is 4.90 Å². The molecule has 1 amide bonds. The largest absolute Gasteiger partial charge is 0.391 e. The molecule has 2 rings (SSSR count). The lowest BCUT2D eigenvalue weighted by Crippen LogP contribution is -2.25. The van der Waals surface area contributed by atoms with Crippen molar-refractivity contribution in [3.05, 3.63) is 29.8 Å². The third kappa shape index (κ3) is 2.05. The summed E-state index contributed by atoms with van der Waals surface area (Å²) in [5.74, 6) is -0.0680. The van der Waals surface area contributed by atoms with Crippen LogP contribution >= 0.6 is 0 Å². The minimum Gasteiger partial charge on any atom is -0.391 e. The van der Waals surface area contributed by atoms with Gasteiger partial charge in [0.25, 0.3) is 0 Å². The van der Waals surface area contributed by atoms with Crippen molar-refractivity contribution in [2.24, 2.45) is 0 Å². The van der Waals surface area contributed by atoms with Gasteiger partial charge >= 0.3 is 0 Å². The normalized spacial score (nSPS) is 19.9. The van der Waals surface area contributed by atoms with E-state index in [1.165, 1.54) is 0 Å². The maximum Gasteiger partial charge on any atom is 0.229 e. The second-order valence-corrected chi connectivity index (χ2v) is 3.87. The molecule has 0 bridgehead atoms. The van der Waals surface area contributed by atoms with Gasteiger partial charge in [-0.3, -0.25) is 4.79 Å². The first-order valence-electron chi connectivity index (χ1n) is 5.15. The average molecular weight is 216 g/mol. The van der Waals surface area contributed by atoms with E-state index in [0.29, 0.717) is 13.0 Å². The predicted molar refractivity (Wildman–Crippen MR) is 58.7 cm³/mol. The maximum atomic E-state index is 11.6. The van der Waals surface area contributed by atoms with E-state index in [2.05, 4.69) is 6.07 Å². The van der Waals surface area contributed by atoms with Crippen LogP contribution in [0.2, 0.25) is 0 Å². The van der Waals surface area contributed by atoms with Gasteiger partial charge in [0.15, 0.2) is 0 Å². The molecule has 0 aliphatic carbocycles. The van der Waals surface area contributed by atoms with Gasteiger partial charge in [-0.2, -0.15) is 5.26 Å². The molecule has 4 nitrogen and oxygen atoms in total. The molecule has 0 spiro atoms. The Labute approximate surface area is 93.7 Å². The number of rotatable bonds is 2. The van der Waals surface area contributed by atoms with Crippen molar-refractivity contribution >= 4 is 11.6 Å². The number of carbonyl (C=O) groups is 1. The highest BCUT2D eigenvalue weighted by molar-refractivity contribution is 5.96. The SMILES string of the molecule is N#CCc1cccc(N2CC(O)CC2=O)c1. The molecule has 1 aliphatic heterocycles. The van der Waals surface area contributed by atoms with E-state index in [-0.39, 0.29) is 12.3 Å². The number of hydrogen-bond acceptors (Lipinski definition) is 3. The zero-order chi connectivity index (χ0) is 11.5. The van der Waals surface area contributed by atoms with Gasteiger partial charge in [0, 0.05) is 5.69 Å². The number of β-amino-alcohol motifs (C(OH)–C–C–N with tert-alkyl or cyclic N) is 1. The minimum absolute atomic E-state index is 0.0680. The first kappa shape index (κ1) is 10.7. The second kappa shape index (κ2) is 4.33. The quantitative estimate of drug-likeness (QED) is 0.797. The Balaban J connectivity index is 2.24. The fourth-order valence-electron chi connectivity index (χ4n) is 1.86. The molecule has 1 atom stereocenters. The Morgan fingerprint density at radius 3 is 3.00 bits per heavy atom. The summed E-state index contributed by atoms with van der Waals surface area (Å²) in [5.41, 5.74) is 1.64. The highest BCUT2D eigenvalue weighted by Gasteiger charge is 2.28. The molecule has 16 heavy (non-hydrogen) atoms. The molecule has 82 valence electrons. The fourth-order valence-corrected chi connectivity index (χ4v) is 1.86. The van der Waals surface area contributed by atoms with Crippen LogP contribution in [0.5, 0.6) is 0 Å². The summed E-state index contributed by atoms with van der Waals surface area (Å²) in [6.45, 7) is 0.342. The average Bonchev–Trinajstić information content (AvgIpc) is 2.59. The highest BCUT2D eigenvalue weighted by atomic mass is 16.3. The van der Waals surface area contributed by atoms with Gasteiger partial charge in [-0.05, 0) is 17.7 Å². The van der Waals surface area contributed by atoms with Gasteiger partial charge < -0.3 is 10.0 Å². The maximum absolute atomic E-state index is 11.6. The number of aliphatic hydroxyl groups is 1. The lowest BCUT2D eigenvalue weighted by molar-refractivity contribution is -0.117. The van der Waals surface area contributed by atoms with Crippen LogP contribution in [0.4, 0.5) is 5.69 Å². The van der Waals surface area contributed by atoms with Gasteiger partial charge in [0.2, 0.25) is 5.91 Å². The molecule has 1 saturated heterocycles. The Morgan fingerprint density at radius 2 is 2.38 bits per heavy atom. The lowest BCUT2D eigenvalue weighted by atomic mass is 10.1. The summed E-state index contributed by atoms with van der Waals surface area (Å²) in [7, 11) is 0. The molecule has 1 fully saturated rings. The van der Waals surface area contributed by atoms with Gasteiger partial charge in [0.1, 0.15) is 0 Å². The Kier molecular flexibility index (Phi) is 2.88. The van der Waals surface area contributed by atoms with E-state index in [9.17, 15) is 9.90 Å². The van der Waals surface area contributed by atoms with Gasteiger partial charge in [-0.1, -0.05) is 12.1 Å². The molecule has 1 unspecified atom stereocenters. The van der Waals surface area contributed by atoms with Crippen LogP contribution in [0.25, 0.3) is 0 Å². The second-order valence-electron chi connectivity index (χ2n) is 3.87. The summed E-state index contributed by atoms with van der Waals surface area (Å²) < 4.78 is 0. The molecule has 4 heteroatoms. The van der Waals surface area contributed by atoms with Crippen molar-refractivity contribution in [2.75, 3.05) is 11.4 Å². The zero-order valence-corrected chi connectivity index (χ0v) is 8.76. The highest BCUT2D eigenvalue weighted by Crippen LogP contribution is 2.22. The summed E-state index contributed by atoms with van der Waals surface area (Å²) in [5, 5.41) is 18.0. The number of carbonyl (C=O) groups excluding carboxylic acids is 1. The summed E-state index contributed by atoms with van der Waals surface area (Å²) in [4.78, 5) is 13.1. The van der Waals surface area contributed by atoms with Crippen LogP contribution in [0.3, 0.4) is 0 Å². The fraction of sp³-hybridized carbons (Fsp3) is 0.333. The first-order valence-corrected chi connectivity index (χ1v) is 5.15. The predicted octanol–water partition coefficient (Wildman–Crippen LogP) is 0.850. The molecule has 1 aromatic carbocycles. The molecule has 0 saturated carbocycles. The molecule has 1 aromatic rings. The van der Waals surface area contributed by atoms with Crippen LogP contribution in [0.1, 0.15) is 12.0 Å². The monoisotopic (exact) mass is 216 g/mol. The van der Waals surface area contributed by atoms with E-state index in [4.69, 9.17) is 5.26 Å². The number of benzene rings is 1. The van der Waals surface area contributed by atoms with Crippen LogP contribution in [0, 0.1) is 11.3 Å². The standard InChI is InChI=1S/C12H12N2O2/c13-5-4-9-2-1-3-10(6-9)14-8-11(15)7-12(14)16/h1-3,6,11,15H,4,7-8H2. The number of hydrogen-bond donors (Lipinski definition) is 1. The Morgan fingerprint density at radius 1 is 1.56 bits per heavy atom. The molecule has 1 aliphatic rings. The van der Waals surface area contributed by atoms with Gasteiger partial charge in [-0.25, -0.2) is 0 Å². The van der Waals surface area contributed by atoms with E-state index in [1.807, 2.05) is 24.3 Å². The number of anilines is 1. The van der Waals surface area contributed by atoms with Crippen molar-refractivity contribution in [2.45, 2.75) is 18.9 Å². The number of amides is 1. The molecular formula is C12H12N2O2. The minimum atomic E-state index is -0.577. The Bertz CT molecular complexity index is 451. The molecule has 0 radical (unpaired) electrons.